The standard InChI is InChI=1S/C20H26N4O6S3/c25-20(21-26)17-15-23(33(29,30)22-11-5-2-6-12-22)13-14-24(17)32(27,28)19-10-9-18(31-19)16-7-3-1-4-8-16/h1,3-4,7-10,17,26H,2,5-6,11-15H2,(H,21,25)/t17-/m1/s1. The van der Waals surface area contributed by atoms with Crippen LogP contribution in [0, 0.1) is 0 Å². The molecule has 0 saturated carbocycles. The van der Waals surface area contributed by atoms with Gasteiger partial charge in [-0.2, -0.15) is 21.3 Å². The molecule has 0 bridgehead atoms. The lowest BCUT2D eigenvalue weighted by molar-refractivity contribution is -0.134. The molecular formula is C20H26N4O6S3. The summed E-state index contributed by atoms with van der Waals surface area (Å²) < 4.78 is 56.5. The molecule has 2 aliphatic heterocycles. The molecule has 3 heterocycles. The minimum atomic E-state index is -4.10. The number of hydroxylamine groups is 1. The van der Waals surface area contributed by atoms with Gasteiger partial charge in [0, 0.05) is 37.6 Å². The van der Waals surface area contributed by atoms with E-state index in [1.54, 1.807) is 6.07 Å². The highest BCUT2D eigenvalue weighted by Crippen LogP contribution is 2.34. The Kier molecular flexibility index (Phi) is 7.19. The van der Waals surface area contributed by atoms with Gasteiger partial charge in [0.05, 0.1) is 0 Å². The monoisotopic (exact) mass is 514 g/mol. The summed E-state index contributed by atoms with van der Waals surface area (Å²) in [4.78, 5) is 13.2. The first kappa shape index (κ1) is 24.3. The van der Waals surface area contributed by atoms with E-state index >= 15 is 0 Å². The van der Waals surface area contributed by atoms with Crippen LogP contribution in [0.3, 0.4) is 0 Å². The summed E-state index contributed by atoms with van der Waals surface area (Å²) in [5.74, 6) is -0.975. The molecule has 0 unspecified atom stereocenters. The number of amides is 1. The van der Waals surface area contributed by atoms with Crippen LogP contribution in [0.4, 0.5) is 0 Å². The average Bonchev–Trinajstić information content (AvgIpc) is 3.35. The van der Waals surface area contributed by atoms with Crippen molar-refractivity contribution >= 4 is 37.5 Å². The van der Waals surface area contributed by atoms with Crippen molar-refractivity contribution in [2.75, 3.05) is 32.7 Å². The Bertz CT molecular complexity index is 1190. The topological polar surface area (TPSA) is 127 Å². The van der Waals surface area contributed by atoms with Crippen molar-refractivity contribution in [2.45, 2.75) is 29.5 Å². The fourth-order valence-corrected chi connectivity index (χ4v) is 8.82. The van der Waals surface area contributed by atoms with E-state index in [4.69, 9.17) is 0 Å². The highest BCUT2D eigenvalue weighted by atomic mass is 32.2. The molecule has 0 spiro atoms. The minimum Gasteiger partial charge on any atom is -0.289 e. The van der Waals surface area contributed by atoms with Crippen LogP contribution in [-0.2, 0) is 25.0 Å². The molecule has 0 radical (unpaired) electrons. The molecule has 2 aromatic rings. The van der Waals surface area contributed by atoms with Gasteiger partial charge in [0.2, 0.25) is 0 Å². The molecule has 2 fully saturated rings. The summed E-state index contributed by atoms with van der Waals surface area (Å²) in [7, 11) is -7.94. The van der Waals surface area contributed by atoms with Crippen molar-refractivity contribution in [3.8, 4) is 10.4 Å². The molecular weight excluding hydrogens is 488 g/mol. The van der Waals surface area contributed by atoms with Crippen molar-refractivity contribution in [3.63, 3.8) is 0 Å². The maximum Gasteiger partial charge on any atom is 0.282 e. The van der Waals surface area contributed by atoms with Gasteiger partial charge < -0.3 is 0 Å². The fourth-order valence-electron chi connectivity index (χ4n) is 4.12. The molecule has 1 aromatic carbocycles. The highest BCUT2D eigenvalue weighted by molar-refractivity contribution is 7.91. The lowest BCUT2D eigenvalue weighted by atomic mass is 10.2. The van der Waals surface area contributed by atoms with Gasteiger partial charge in [-0.25, -0.2) is 13.9 Å². The lowest BCUT2D eigenvalue weighted by Crippen LogP contribution is -2.62. The number of piperazine rings is 1. The van der Waals surface area contributed by atoms with Gasteiger partial charge in [-0.1, -0.05) is 36.8 Å². The second kappa shape index (κ2) is 9.78. The van der Waals surface area contributed by atoms with Crippen LogP contribution in [0.1, 0.15) is 19.3 Å². The molecule has 10 nitrogen and oxygen atoms in total. The van der Waals surface area contributed by atoms with Crippen LogP contribution in [0.15, 0.2) is 46.7 Å². The van der Waals surface area contributed by atoms with Gasteiger partial charge in [0.25, 0.3) is 26.1 Å². The zero-order valence-electron chi connectivity index (χ0n) is 17.8. The van der Waals surface area contributed by atoms with Crippen LogP contribution < -0.4 is 5.48 Å². The van der Waals surface area contributed by atoms with E-state index in [0.717, 1.165) is 49.7 Å². The normalized spacial score (nSPS) is 21.7. The van der Waals surface area contributed by atoms with Crippen molar-refractivity contribution in [3.05, 3.63) is 42.5 Å². The summed E-state index contributed by atoms with van der Waals surface area (Å²) in [6, 6.07) is 11.1. The van der Waals surface area contributed by atoms with Gasteiger partial charge in [-0.05, 0) is 30.5 Å². The average molecular weight is 515 g/mol. The largest absolute Gasteiger partial charge is 0.289 e. The van der Waals surface area contributed by atoms with Crippen LogP contribution >= 0.6 is 11.3 Å². The molecule has 0 aliphatic carbocycles. The molecule has 180 valence electrons. The number of rotatable bonds is 6. The Morgan fingerprint density at radius 2 is 1.61 bits per heavy atom. The number of piperidine rings is 1. The van der Waals surface area contributed by atoms with Crippen LogP contribution in [0.5, 0.6) is 0 Å². The number of carbonyl (C=O) groups excluding carboxylic acids is 1. The third-order valence-corrected chi connectivity index (χ3v) is 11.4. The molecule has 1 atom stereocenters. The van der Waals surface area contributed by atoms with Crippen molar-refractivity contribution in [1.82, 2.24) is 18.4 Å². The third-order valence-electron chi connectivity index (χ3n) is 5.88. The SMILES string of the molecule is O=C(NO)[C@H]1CN(S(=O)(=O)N2CCCCC2)CCN1S(=O)(=O)c1ccc(-c2ccccc2)s1. The van der Waals surface area contributed by atoms with Crippen LogP contribution in [0.25, 0.3) is 10.4 Å². The van der Waals surface area contributed by atoms with E-state index in [2.05, 4.69) is 0 Å². The third kappa shape index (κ3) is 4.85. The van der Waals surface area contributed by atoms with Crippen LogP contribution in [-0.4, -0.2) is 79.6 Å². The number of carbonyl (C=O) groups is 1. The van der Waals surface area contributed by atoms with E-state index in [-0.39, 0.29) is 23.8 Å². The van der Waals surface area contributed by atoms with Gasteiger partial charge in [-0.15, -0.1) is 11.3 Å². The molecule has 1 aromatic heterocycles. The molecule has 1 amide bonds. The van der Waals surface area contributed by atoms with E-state index in [1.807, 2.05) is 30.3 Å². The number of hydrogen-bond donors (Lipinski definition) is 2. The number of sulfonamides is 1. The smallest absolute Gasteiger partial charge is 0.282 e. The van der Waals surface area contributed by atoms with Crippen molar-refractivity contribution in [1.29, 1.82) is 0 Å². The summed E-state index contributed by atoms with van der Waals surface area (Å²) in [6.45, 7) is 0.141. The summed E-state index contributed by atoms with van der Waals surface area (Å²) in [5, 5.41) is 9.23. The number of benzene rings is 1. The van der Waals surface area contributed by atoms with Gasteiger partial charge in [0.1, 0.15) is 10.3 Å². The molecule has 13 heteroatoms. The Labute approximate surface area is 197 Å². The minimum absolute atomic E-state index is 0.0458. The second-order valence-electron chi connectivity index (χ2n) is 7.92. The van der Waals surface area contributed by atoms with Gasteiger partial charge >= 0.3 is 0 Å². The quantitative estimate of drug-likeness (QED) is 0.442. The summed E-state index contributed by atoms with van der Waals surface area (Å²) >= 11 is 1.07. The van der Waals surface area contributed by atoms with Crippen molar-refractivity contribution in [2.24, 2.45) is 0 Å². The lowest BCUT2D eigenvalue weighted by Gasteiger charge is -2.40. The van der Waals surface area contributed by atoms with E-state index in [0.29, 0.717) is 13.1 Å². The van der Waals surface area contributed by atoms with Crippen LogP contribution in [0.2, 0.25) is 0 Å². The zero-order chi connectivity index (χ0) is 23.6. The van der Waals surface area contributed by atoms with E-state index in [9.17, 15) is 26.8 Å². The van der Waals surface area contributed by atoms with Gasteiger partial charge in [0.15, 0.2) is 0 Å². The first-order valence-electron chi connectivity index (χ1n) is 10.6. The Hall–Kier alpha value is -1.87. The zero-order valence-corrected chi connectivity index (χ0v) is 20.3. The molecule has 2 aliphatic rings. The summed E-state index contributed by atoms with van der Waals surface area (Å²) in [5.41, 5.74) is 2.36. The molecule has 2 N–H and O–H groups in total. The number of nitrogens with zero attached hydrogens (tertiary/aromatic N) is 3. The number of thiophene rings is 1. The van der Waals surface area contributed by atoms with Crippen molar-refractivity contribution < 1.29 is 26.8 Å². The van der Waals surface area contributed by atoms with E-state index in [1.165, 1.54) is 15.9 Å². The maximum atomic E-state index is 13.4. The Morgan fingerprint density at radius 3 is 2.27 bits per heavy atom. The fraction of sp³-hybridized carbons (Fsp3) is 0.450. The first-order valence-corrected chi connectivity index (χ1v) is 14.3. The number of nitrogens with one attached hydrogen (secondary N) is 1. The van der Waals surface area contributed by atoms with Gasteiger partial charge in [-0.3, -0.25) is 10.0 Å². The highest BCUT2D eigenvalue weighted by Gasteiger charge is 2.45. The second-order valence-corrected chi connectivity index (χ2v) is 13.0. The predicted molar refractivity (Wildman–Crippen MR) is 123 cm³/mol. The molecule has 33 heavy (non-hydrogen) atoms. The Morgan fingerprint density at radius 1 is 0.909 bits per heavy atom. The molecule has 4 rings (SSSR count). The Balaban J connectivity index is 1.60. The maximum absolute atomic E-state index is 13.4. The number of hydrogen-bond acceptors (Lipinski definition) is 7. The first-order chi connectivity index (χ1) is 15.7. The molecule has 2 saturated heterocycles. The van der Waals surface area contributed by atoms with E-state index < -0.39 is 32.2 Å². The predicted octanol–water partition coefficient (Wildman–Crippen LogP) is 1.33. The summed E-state index contributed by atoms with van der Waals surface area (Å²) in [6.07, 6.45) is 2.48.